The van der Waals surface area contributed by atoms with E-state index in [9.17, 15) is 0 Å². The Morgan fingerprint density at radius 2 is 2.56 bits per heavy atom. The Kier molecular flexibility index (Phi) is 2.45. The van der Waals surface area contributed by atoms with E-state index < -0.39 is 0 Å². The zero-order chi connectivity index (χ0) is 6.69. The van der Waals surface area contributed by atoms with Crippen LogP contribution in [0.1, 0.15) is 12.8 Å². The summed E-state index contributed by atoms with van der Waals surface area (Å²) in [5.41, 5.74) is 2.20. The molecule has 0 saturated carbocycles. The zero-order valence-electron chi connectivity index (χ0n) is 5.80. The SMILES string of the molecule is CN1CCC[C@@H]1CNO. The third kappa shape index (κ3) is 1.64. The Bertz CT molecular complexity index is 87.1. The Hall–Kier alpha value is -0.120. The highest BCUT2D eigenvalue weighted by atomic mass is 16.5. The first kappa shape index (κ1) is 6.99. The van der Waals surface area contributed by atoms with Crippen molar-refractivity contribution >= 4 is 0 Å². The van der Waals surface area contributed by atoms with Crippen LogP contribution >= 0.6 is 0 Å². The molecule has 1 aliphatic rings. The van der Waals surface area contributed by atoms with Crippen molar-refractivity contribution in [3.05, 3.63) is 0 Å². The van der Waals surface area contributed by atoms with Crippen LogP contribution in [0.15, 0.2) is 0 Å². The molecule has 0 aliphatic carbocycles. The minimum absolute atomic E-state index is 0.551. The van der Waals surface area contributed by atoms with E-state index in [0.29, 0.717) is 12.6 Å². The minimum Gasteiger partial charge on any atom is -0.317 e. The Morgan fingerprint density at radius 3 is 3.00 bits per heavy atom. The molecule has 0 aromatic heterocycles. The monoisotopic (exact) mass is 130 g/mol. The van der Waals surface area contributed by atoms with Crippen LogP contribution in [0.5, 0.6) is 0 Å². The highest BCUT2D eigenvalue weighted by Crippen LogP contribution is 2.12. The Labute approximate surface area is 55.6 Å². The molecule has 0 unspecified atom stereocenters. The highest BCUT2D eigenvalue weighted by molar-refractivity contribution is 4.76. The average Bonchev–Trinajstić information content (AvgIpc) is 2.18. The van der Waals surface area contributed by atoms with E-state index in [1.165, 1.54) is 19.4 Å². The van der Waals surface area contributed by atoms with Gasteiger partial charge >= 0.3 is 0 Å². The van der Waals surface area contributed by atoms with Crippen molar-refractivity contribution in [2.45, 2.75) is 18.9 Å². The molecular weight excluding hydrogens is 116 g/mol. The molecule has 0 spiro atoms. The molecule has 0 bridgehead atoms. The van der Waals surface area contributed by atoms with Crippen LogP contribution in [0.2, 0.25) is 0 Å². The Morgan fingerprint density at radius 1 is 1.78 bits per heavy atom. The smallest absolute Gasteiger partial charge is 0.0363 e. The predicted molar refractivity (Wildman–Crippen MR) is 35.4 cm³/mol. The second-order valence-electron chi connectivity index (χ2n) is 2.64. The standard InChI is InChI=1S/C6H14N2O/c1-8-4-2-3-6(8)5-7-9/h6-7,9H,2-5H2,1H3/t6-/m1/s1. The maximum absolute atomic E-state index is 8.37. The van der Waals surface area contributed by atoms with Gasteiger partial charge in [0.15, 0.2) is 0 Å². The maximum atomic E-state index is 8.37. The van der Waals surface area contributed by atoms with E-state index in [0.717, 1.165) is 0 Å². The van der Waals surface area contributed by atoms with Gasteiger partial charge in [-0.1, -0.05) is 0 Å². The van der Waals surface area contributed by atoms with Gasteiger partial charge in [0.1, 0.15) is 0 Å². The number of rotatable bonds is 2. The summed E-state index contributed by atoms with van der Waals surface area (Å²) in [6.07, 6.45) is 2.48. The van der Waals surface area contributed by atoms with Gasteiger partial charge in [0.2, 0.25) is 0 Å². The van der Waals surface area contributed by atoms with Crippen molar-refractivity contribution < 1.29 is 5.21 Å². The third-order valence-electron chi connectivity index (χ3n) is 2.00. The van der Waals surface area contributed by atoms with Gasteiger partial charge in [-0.2, -0.15) is 0 Å². The lowest BCUT2D eigenvalue weighted by Gasteiger charge is -2.17. The molecule has 0 aromatic rings. The van der Waals surface area contributed by atoms with E-state index >= 15 is 0 Å². The molecule has 1 saturated heterocycles. The van der Waals surface area contributed by atoms with Gasteiger partial charge in [-0.15, -0.1) is 0 Å². The van der Waals surface area contributed by atoms with Gasteiger partial charge in [0.05, 0.1) is 0 Å². The second-order valence-corrected chi connectivity index (χ2v) is 2.64. The minimum atomic E-state index is 0.551. The molecule has 3 nitrogen and oxygen atoms in total. The summed E-state index contributed by atoms with van der Waals surface area (Å²) < 4.78 is 0. The summed E-state index contributed by atoms with van der Waals surface area (Å²) in [6, 6.07) is 0.551. The molecule has 9 heavy (non-hydrogen) atoms. The fourth-order valence-corrected chi connectivity index (χ4v) is 1.34. The summed E-state index contributed by atoms with van der Waals surface area (Å²) in [5, 5.41) is 8.37. The molecule has 0 amide bonds. The lowest BCUT2D eigenvalue weighted by Crippen LogP contribution is -2.33. The van der Waals surface area contributed by atoms with E-state index in [2.05, 4.69) is 17.4 Å². The van der Waals surface area contributed by atoms with Crippen LogP contribution in [0.4, 0.5) is 0 Å². The molecule has 2 N–H and O–H groups in total. The van der Waals surface area contributed by atoms with E-state index in [-0.39, 0.29) is 0 Å². The Balaban J connectivity index is 2.22. The van der Waals surface area contributed by atoms with E-state index in [1.807, 2.05) is 0 Å². The van der Waals surface area contributed by atoms with Gasteiger partial charge in [-0.3, -0.25) is 0 Å². The molecular formula is C6H14N2O. The zero-order valence-corrected chi connectivity index (χ0v) is 5.80. The van der Waals surface area contributed by atoms with Gasteiger partial charge in [-0.05, 0) is 26.4 Å². The molecule has 1 fully saturated rings. The largest absolute Gasteiger partial charge is 0.317 e. The van der Waals surface area contributed by atoms with Gasteiger partial charge in [0, 0.05) is 12.6 Å². The van der Waals surface area contributed by atoms with Crippen LogP contribution in [-0.4, -0.2) is 36.3 Å². The van der Waals surface area contributed by atoms with Crippen molar-refractivity contribution in [3.8, 4) is 0 Å². The molecule has 54 valence electrons. The first-order chi connectivity index (χ1) is 4.34. The van der Waals surface area contributed by atoms with Crippen molar-refractivity contribution in [1.29, 1.82) is 0 Å². The number of hydrogen-bond donors (Lipinski definition) is 2. The van der Waals surface area contributed by atoms with Crippen LogP contribution in [0.25, 0.3) is 0 Å². The lowest BCUT2D eigenvalue weighted by molar-refractivity contribution is 0.137. The molecule has 1 atom stereocenters. The quantitative estimate of drug-likeness (QED) is 0.519. The summed E-state index contributed by atoms with van der Waals surface area (Å²) in [5.74, 6) is 0. The maximum Gasteiger partial charge on any atom is 0.0363 e. The van der Waals surface area contributed by atoms with Crippen molar-refractivity contribution in [1.82, 2.24) is 10.4 Å². The van der Waals surface area contributed by atoms with Gasteiger partial charge < -0.3 is 10.1 Å². The summed E-state index contributed by atoms with van der Waals surface area (Å²) >= 11 is 0. The van der Waals surface area contributed by atoms with Crippen molar-refractivity contribution in [2.75, 3.05) is 20.1 Å². The van der Waals surface area contributed by atoms with E-state index in [4.69, 9.17) is 5.21 Å². The van der Waals surface area contributed by atoms with Crippen molar-refractivity contribution in [3.63, 3.8) is 0 Å². The molecule has 0 aromatic carbocycles. The van der Waals surface area contributed by atoms with Gasteiger partial charge in [0.25, 0.3) is 0 Å². The number of hydrogen-bond acceptors (Lipinski definition) is 3. The van der Waals surface area contributed by atoms with E-state index in [1.54, 1.807) is 0 Å². The molecule has 1 rings (SSSR count). The number of nitrogens with one attached hydrogen (secondary N) is 1. The van der Waals surface area contributed by atoms with Crippen LogP contribution in [-0.2, 0) is 0 Å². The van der Waals surface area contributed by atoms with Gasteiger partial charge in [-0.25, -0.2) is 5.48 Å². The molecule has 1 aliphatic heterocycles. The van der Waals surface area contributed by atoms with Crippen LogP contribution in [0.3, 0.4) is 0 Å². The summed E-state index contributed by atoms with van der Waals surface area (Å²) in [4.78, 5) is 2.27. The van der Waals surface area contributed by atoms with Crippen LogP contribution in [0, 0.1) is 0 Å². The number of likely N-dealkylation sites (N-methyl/N-ethyl adjacent to an activating group) is 1. The predicted octanol–water partition coefficient (Wildman–Crippen LogP) is 0.0594. The lowest BCUT2D eigenvalue weighted by atomic mass is 10.2. The first-order valence-electron chi connectivity index (χ1n) is 3.42. The summed E-state index contributed by atoms with van der Waals surface area (Å²) in [7, 11) is 2.09. The second kappa shape index (κ2) is 3.15. The molecule has 1 heterocycles. The van der Waals surface area contributed by atoms with Crippen molar-refractivity contribution in [2.24, 2.45) is 0 Å². The first-order valence-corrected chi connectivity index (χ1v) is 3.42. The van der Waals surface area contributed by atoms with Crippen LogP contribution < -0.4 is 5.48 Å². The number of nitrogens with zero attached hydrogens (tertiary/aromatic N) is 1. The molecule has 0 radical (unpaired) electrons. The topological polar surface area (TPSA) is 35.5 Å². The fourth-order valence-electron chi connectivity index (χ4n) is 1.34. The highest BCUT2D eigenvalue weighted by Gasteiger charge is 2.19. The molecule has 3 heteroatoms. The normalized spacial score (nSPS) is 29.3. The number of likely N-dealkylation sites (tertiary alicyclic amines) is 1. The fraction of sp³-hybridized carbons (Fsp3) is 1.00. The number of hydroxylamine groups is 1. The third-order valence-corrected chi connectivity index (χ3v) is 2.00. The summed E-state index contributed by atoms with van der Waals surface area (Å²) in [6.45, 7) is 1.88. The average molecular weight is 130 g/mol.